The third kappa shape index (κ3) is 3.59. The van der Waals surface area contributed by atoms with E-state index in [9.17, 15) is 4.79 Å². The van der Waals surface area contributed by atoms with Crippen LogP contribution in [0.5, 0.6) is 0 Å². The molecule has 2 aromatic rings. The van der Waals surface area contributed by atoms with Crippen LogP contribution in [0.2, 0.25) is 0 Å². The van der Waals surface area contributed by atoms with Gasteiger partial charge in [0.1, 0.15) is 0 Å². The molecular formula is C19H22N2O2S. The first kappa shape index (κ1) is 16.9. The van der Waals surface area contributed by atoms with E-state index in [0.29, 0.717) is 26.1 Å². The van der Waals surface area contributed by atoms with Gasteiger partial charge in [0.15, 0.2) is 5.60 Å². The molecule has 5 heteroatoms. The summed E-state index contributed by atoms with van der Waals surface area (Å²) < 4.78 is 5.99. The van der Waals surface area contributed by atoms with E-state index >= 15 is 0 Å². The number of morpholine rings is 1. The van der Waals surface area contributed by atoms with E-state index in [2.05, 4.69) is 46.2 Å². The molecule has 0 radical (unpaired) electrons. The van der Waals surface area contributed by atoms with Gasteiger partial charge in [-0.15, -0.1) is 6.58 Å². The van der Waals surface area contributed by atoms with E-state index in [1.807, 2.05) is 12.1 Å². The van der Waals surface area contributed by atoms with Crippen molar-refractivity contribution in [3.63, 3.8) is 0 Å². The van der Waals surface area contributed by atoms with Crippen molar-refractivity contribution in [3.05, 3.63) is 59.3 Å². The summed E-state index contributed by atoms with van der Waals surface area (Å²) in [5, 5.41) is 10.4. The second kappa shape index (κ2) is 7.75. The summed E-state index contributed by atoms with van der Waals surface area (Å²) in [7, 11) is 0. The molecule has 1 aliphatic rings. The van der Waals surface area contributed by atoms with Crippen molar-refractivity contribution in [1.29, 1.82) is 0 Å². The number of thiophene rings is 1. The molecule has 2 heterocycles. The van der Waals surface area contributed by atoms with Crippen LogP contribution in [-0.4, -0.2) is 37.7 Å². The Morgan fingerprint density at radius 1 is 1.42 bits per heavy atom. The van der Waals surface area contributed by atoms with Gasteiger partial charge < -0.3 is 15.4 Å². The molecule has 1 atom stereocenters. The molecular weight excluding hydrogens is 320 g/mol. The Kier molecular flexibility index (Phi) is 5.45. The second-order valence-electron chi connectivity index (χ2n) is 5.86. The van der Waals surface area contributed by atoms with E-state index in [0.717, 1.165) is 17.7 Å². The van der Waals surface area contributed by atoms with Crippen LogP contribution in [0.1, 0.15) is 5.56 Å². The van der Waals surface area contributed by atoms with Gasteiger partial charge in [-0.1, -0.05) is 30.3 Å². The second-order valence-corrected chi connectivity index (χ2v) is 6.64. The van der Waals surface area contributed by atoms with Crippen molar-refractivity contribution >= 4 is 17.2 Å². The number of hydrogen-bond acceptors (Lipinski definition) is 4. The van der Waals surface area contributed by atoms with E-state index in [1.54, 1.807) is 17.4 Å². The fourth-order valence-electron chi connectivity index (χ4n) is 3.01. The molecule has 0 saturated carbocycles. The van der Waals surface area contributed by atoms with Crippen molar-refractivity contribution in [2.45, 2.75) is 12.0 Å². The maximum absolute atomic E-state index is 12.8. The Labute approximate surface area is 146 Å². The Balaban J connectivity index is 1.91. The zero-order chi connectivity index (χ0) is 16.8. The largest absolute Gasteiger partial charge is 0.362 e. The lowest BCUT2D eigenvalue weighted by molar-refractivity contribution is -0.150. The molecule has 1 amide bonds. The van der Waals surface area contributed by atoms with Gasteiger partial charge in [0.25, 0.3) is 5.91 Å². The van der Waals surface area contributed by atoms with Crippen molar-refractivity contribution in [2.75, 3.05) is 26.2 Å². The standard InChI is InChI=1S/C19H22N2O2S/c1-2-8-21-18(22)19(14-20-9-10-23-19)12-15-5-3-4-6-17(15)16-7-11-24-13-16/h2-7,11,13,20H,1,8-10,12,14H2,(H,21,22). The highest BCUT2D eigenvalue weighted by molar-refractivity contribution is 7.08. The summed E-state index contributed by atoms with van der Waals surface area (Å²) in [6, 6.07) is 10.3. The van der Waals surface area contributed by atoms with E-state index in [-0.39, 0.29) is 5.91 Å². The van der Waals surface area contributed by atoms with Crippen molar-refractivity contribution in [1.82, 2.24) is 10.6 Å². The molecule has 1 fully saturated rings. The summed E-state index contributed by atoms with van der Waals surface area (Å²) in [6.07, 6.45) is 2.22. The lowest BCUT2D eigenvalue weighted by atomic mass is 9.88. The molecule has 2 N–H and O–H groups in total. The minimum absolute atomic E-state index is 0.0882. The van der Waals surface area contributed by atoms with Crippen LogP contribution in [0.25, 0.3) is 11.1 Å². The van der Waals surface area contributed by atoms with E-state index < -0.39 is 5.60 Å². The van der Waals surface area contributed by atoms with Crippen LogP contribution in [-0.2, 0) is 16.0 Å². The normalized spacial score (nSPS) is 20.5. The van der Waals surface area contributed by atoms with Crippen molar-refractivity contribution in [3.8, 4) is 11.1 Å². The first-order valence-electron chi connectivity index (χ1n) is 8.09. The topological polar surface area (TPSA) is 50.4 Å². The Bertz CT molecular complexity index is 691. The number of amides is 1. The van der Waals surface area contributed by atoms with Crippen molar-refractivity contribution in [2.24, 2.45) is 0 Å². The number of nitrogens with one attached hydrogen (secondary N) is 2. The smallest absolute Gasteiger partial charge is 0.254 e. The Morgan fingerprint density at radius 2 is 2.29 bits per heavy atom. The highest BCUT2D eigenvalue weighted by Crippen LogP contribution is 2.30. The van der Waals surface area contributed by atoms with Crippen LogP contribution in [0.15, 0.2) is 53.7 Å². The molecule has 1 aromatic heterocycles. The minimum Gasteiger partial charge on any atom is -0.362 e. The number of ether oxygens (including phenoxy) is 1. The zero-order valence-corrected chi connectivity index (χ0v) is 14.4. The van der Waals surface area contributed by atoms with Gasteiger partial charge in [-0.3, -0.25) is 4.79 Å². The number of carbonyl (C=O) groups excluding carboxylic acids is 1. The molecule has 0 aliphatic carbocycles. The predicted octanol–water partition coefficient (Wildman–Crippen LogP) is 2.62. The van der Waals surface area contributed by atoms with Crippen LogP contribution in [0.3, 0.4) is 0 Å². The predicted molar refractivity (Wildman–Crippen MR) is 98.2 cm³/mol. The van der Waals surface area contributed by atoms with E-state index in [1.165, 1.54) is 5.56 Å². The summed E-state index contributed by atoms with van der Waals surface area (Å²) in [5.41, 5.74) is 2.58. The summed E-state index contributed by atoms with van der Waals surface area (Å²) >= 11 is 1.67. The van der Waals surface area contributed by atoms with Gasteiger partial charge in [0, 0.05) is 26.1 Å². The molecule has 4 nitrogen and oxygen atoms in total. The average Bonchev–Trinajstić information content (AvgIpc) is 3.15. The number of carbonyl (C=O) groups is 1. The number of rotatable bonds is 6. The summed E-state index contributed by atoms with van der Waals surface area (Å²) in [4.78, 5) is 12.8. The van der Waals surface area contributed by atoms with E-state index in [4.69, 9.17) is 4.74 Å². The first-order valence-corrected chi connectivity index (χ1v) is 9.04. The van der Waals surface area contributed by atoms with Gasteiger partial charge >= 0.3 is 0 Å². The van der Waals surface area contributed by atoms with Gasteiger partial charge in [0.2, 0.25) is 0 Å². The molecule has 1 aliphatic heterocycles. The summed E-state index contributed by atoms with van der Waals surface area (Å²) in [6.45, 7) is 5.91. The molecule has 1 unspecified atom stereocenters. The summed E-state index contributed by atoms with van der Waals surface area (Å²) in [5.74, 6) is -0.0882. The molecule has 3 rings (SSSR count). The Hall–Kier alpha value is -1.95. The zero-order valence-electron chi connectivity index (χ0n) is 13.6. The Morgan fingerprint density at radius 3 is 3.00 bits per heavy atom. The average molecular weight is 342 g/mol. The molecule has 126 valence electrons. The van der Waals surface area contributed by atoms with Gasteiger partial charge in [-0.25, -0.2) is 0 Å². The van der Waals surface area contributed by atoms with Crippen LogP contribution in [0.4, 0.5) is 0 Å². The lowest BCUT2D eigenvalue weighted by Gasteiger charge is -2.36. The van der Waals surface area contributed by atoms with Crippen LogP contribution in [0, 0.1) is 0 Å². The third-order valence-corrected chi connectivity index (χ3v) is 4.90. The number of hydrogen-bond donors (Lipinski definition) is 2. The highest BCUT2D eigenvalue weighted by atomic mass is 32.1. The molecule has 0 bridgehead atoms. The third-order valence-electron chi connectivity index (χ3n) is 4.21. The van der Waals surface area contributed by atoms with Crippen molar-refractivity contribution < 1.29 is 9.53 Å². The molecule has 24 heavy (non-hydrogen) atoms. The van der Waals surface area contributed by atoms with Gasteiger partial charge in [-0.2, -0.15) is 11.3 Å². The fourth-order valence-corrected chi connectivity index (χ4v) is 3.66. The number of benzene rings is 1. The maximum Gasteiger partial charge on any atom is 0.254 e. The SMILES string of the molecule is C=CCNC(=O)C1(Cc2ccccc2-c2ccsc2)CNCCO1. The highest BCUT2D eigenvalue weighted by Gasteiger charge is 2.41. The first-order chi connectivity index (χ1) is 11.7. The monoisotopic (exact) mass is 342 g/mol. The van der Waals surface area contributed by atoms with Crippen LogP contribution < -0.4 is 10.6 Å². The maximum atomic E-state index is 12.8. The fraction of sp³-hybridized carbons (Fsp3) is 0.316. The minimum atomic E-state index is -0.882. The molecule has 1 aromatic carbocycles. The van der Waals surface area contributed by atoms with Crippen LogP contribution >= 0.6 is 11.3 Å². The quantitative estimate of drug-likeness (QED) is 0.794. The molecule has 0 spiro atoms. The molecule has 1 saturated heterocycles. The van der Waals surface area contributed by atoms with Gasteiger partial charge in [0.05, 0.1) is 6.61 Å². The lowest BCUT2D eigenvalue weighted by Crippen LogP contribution is -2.60. The van der Waals surface area contributed by atoms with Gasteiger partial charge in [-0.05, 0) is 33.5 Å².